The molecule has 0 bridgehead atoms. The Morgan fingerprint density at radius 1 is 0.686 bits per heavy atom. The zero-order chi connectivity index (χ0) is 36.8. The molecule has 4 aromatic rings. The van der Waals surface area contributed by atoms with Gasteiger partial charge in [0, 0.05) is 0 Å². The van der Waals surface area contributed by atoms with Crippen molar-refractivity contribution in [2.45, 2.75) is 64.7 Å². The van der Waals surface area contributed by atoms with Crippen LogP contribution in [0.3, 0.4) is 0 Å². The van der Waals surface area contributed by atoms with E-state index < -0.39 is 37.8 Å². The molecule has 1 atom stereocenters. The summed E-state index contributed by atoms with van der Waals surface area (Å²) in [6, 6.07) is 24.4. The number of aryl methyl sites for hydroxylation is 6. The first-order valence-electron chi connectivity index (χ1n) is 16.9. The molecular weight excluding hydrogens is 681 g/mol. The average Bonchev–Trinajstić information content (AvgIpc) is 3.17. The highest BCUT2D eigenvalue weighted by atomic mass is 32.2. The lowest BCUT2D eigenvalue weighted by molar-refractivity contribution is -0.144. The largest absolute Gasteiger partial charge is 0.465 e. The first-order valence-corrected chi connectivity index (χ1v) is 19.8. The van der Waals surface area contributed by atoms with E-state index in [4.69, 9.17) is 4.74 Å². The van der Waals surface area contributed by atoms with Gasteiger partial charge in [0.25, 0.3) is 20.0 Å². The number of amidine groups is 1. The van der Waals surface area contributed by atoms with E-state index in [0.717, 1.165) is 54.4 Å². The minimum atomic E-state index is -4.53. The lowest BCUT2D eigenvalue weighted by Crippen LogP contribution is -2.44. The van der Waals surface area contributed by atoms with E-state index in [1.807, 2.05) is 71.9 Å². The van der Waals surface area contributed by atoms with Crippen molar-refractivity contribution in [1.82, 2.24) is 4.31 Å². The number of hydrogen-bond donors (Lipinski definition) is 0. The monoisotopic (exact) mass is 722 g/mol. The minimum absolute atomic E-state index is 0.00976. The fourth-order valence-corrected chi connectivity index (χ4v) is 9.03. The summed E-state index contributed by atoms with van der Waals surface area (Å²) in [6.07, 6.45) is 0.437. The minimum Gasteiger partial charge on any atom is -0.465 e. The van der Waals surface area contributed by atoms with Crippen LogP contribution in [0.4, 0.5) is 0 Å². The van der Waals surface area contributed by atoms with E-state index in [1.165, 1.54) is 24.3 Å². The van der Waals surface area contributed by atoms with Gasteiger partial charge in [-0.15, -0.1) is 4.40 Å². The number of benzene rings is 4. The molecule has 4 aromatic carbocycles. The van der Waals surface area contributed by atoms with Crippen molar-refractivity contribution in [2.24, 2.45) is 10.3 Å². The number of ether oxygens (including phenoxy) is 1. The standard InChI is InChI=1S/C41H42N2O6S2/c1-8-49-41(44)39-38(32-16-14-28(5)30(7)22-32)36-23-35(31-15-13-27(4)29(6)21-31)37(36)24-43(51(47,48)34-19-11-26(3)12-20-34)40(39)42-50(45,46)33-17-9-25(2)10-18-33/h9-22,39H,8,23-24H2,1-7H3/b42-40+. The van der Waals surface area contributed by atoms with E-state index in [2.05, 4.69) is 10.5 Å². The molecule has 0 fully saturated rings. The Hall–Kier alpha value is -4.80. The van der Waals surface area contributed by atoms with Crippen LogP contribution in [-0.4, -0.2) is 46.1 Å². The molecule has 1 heterocycles. The van der Waals surface area contributed by atoms with Gasteiger partial charge in [-0.3, -0.25) is 4.79 Å². The summed E-state index contributed by atoms with van der Waals surface area (Å²) < 4.78 is 69.1. The topological polar surface area (TPSA) is 110 Å². The molecule has 0 saturated heterocycles. The number of sulfonamides is 2. The summed E-state index contributed by atoms with van der Waals surface area (Å²) in [4.78, 5) is 14.2. The van der Waals surface area contributed by atoms with Crippen LogP contribution < -0.4 is 0 Å². The molecule has 10 heteroatoms. The predicted octanol–water partition coefficient (Wildman–Crippen LogP) is 7.82. The number of carbonyl (C=O) groups is 1. The molecule has 1 aliphatic heterocycles. The Morgan fingerprint density at radius 3 is 1.76 bits per heavy atom. The van der Waals surface area contributed by atoms with Crippen LogP contribution >= 0.6 is 0 Å². The van der Waals surface area contributed by atoms with Crippen molar-refractivity contribution < 1.29 is 26.4 Å². The maximum Gasteiger partial charge on any atom is 0.321 e. The second kappa shape index (κ2) is 13.7. The Bertz CT molecular complexity index is 2370. The number of esters is 1. The predicted molar refractivity (Wildman–Crippen MR) is 201 cm³/mol. The Balaban J connectivity index is 1.73. The van der Waals surface area contributed by atoms with Crippen molar-refractivity contribution in [3.05, 3.63) is 141 Å². The maximum absolute atomic E-state index is 14.9. The van der Waals surface area contributed by atoms with Crippen molar-refractivity contribution >= 4 is 43.0 Å². The van der Waals surface area contributed by atoms with E-state index in [9.17, 15) is 21.6 Å². The smallest absolute Gasteiger partial charge is 0.321 e. The Kier molecular flexibility index (Phi) is 9.69. The fraction of sp³-hybridized carbons (Fsp3) is 0.268. The number of fused-ring (bicyclic) bond motifs is 1. The zero-order valence-electron chi connectivity index (χ0n) is 29.9. The summed E-state index contributed by atoms with van der Waals surface area (Å²) in [5.41, 5.74) is 10.4. The lowest BCUT2D eigenvalue weighted by Gasteiger charge is -2.32. The highest BCUT2D eigenvalue weighted by Gasteiger charge is 2.47. The Labute approximate surface area is 301 Å². The van der Waals surface area contributed by atoms with Crippen LogP contribution in [0.2, 0.25) is 0 Å². The van der Waals surface area contributed by atoms with Gasteiger partial charge in [0.15, 0.2) is 5.84 Å². The number of allylic oxidation sites excluding steroid dienone is 1. The summed E-state index contributed by atoms with van der Waals surface area (Å²) >= 11 is 0. The number of rotatable bonds is 8. The molecule has 0 N–H and O–H groups in total. The van der Waals surface area contributed by atoms with Gasteiger partial charge in [-0.25, -0.2) is 12.7 Å². The molecule has 51 heavy (non-hydrogen) atoms. The zero-order valence-corrected chi connectivity index (χ0v) is 31.6. The molecule has 8 nitrogen and oxygen atoms in total. The summed E-state index contributed by atoms with van der Waals surface area (Å²) in [6.45, 7) is 13.1. The summed E-state index contributed by atoms with van der Waals surface area (Å²) in [5.74, 6) is -2.71. The molecule has 0 aromatic heterocycles. The SMILES string of the molecule is CCOC(=O)C1C(c2ccc(C)c(C)c2)=C2CC(c3ccc(C)c(C)c3)=C2CN(S(=O)(=O)c2ccc(C)cc2)/C1=N/S(=O)(=O)c1ccc(C)cc1. The fourth-order valence-electron chi connectivity index (χ4n) is 6.52. The van der Waals surface area contributed by atoms with Crippen molar-refractivity contribution in [3.8, 4) is 0 Å². The Morgan fingerprint density at radius 2 is 1.22 bits per heavy atom. The molecule has 0 saturated carbocycles. The molecular formula is C41H42N2O6S2. The quantitative estimate of drug-likeness (QED) is 0.172. The van der Waals surface area contributed by atoms with E-state index in [0.29, 0.717) is 23.1 Å². The van der Waals surface area contributed by atoms with Gasteiger partial charge >= 0.3 is 5.97 Å². The summed E-state index contributed by atoms with van der Waals surface area (Å²) in [5, 5.41) is 0. The molecule has 0 amide bonds. The molecule has 0 radical (unpaired) electrons. The van der Waals surface area contributed by atoms with Gasteiger partial charge in [0.2, 0.25) is 0 Å². The van der Waals surface area contributed by atoms with Crippen LogP contribution in [-0.2, 0) is 29.6 Å². The third-order valence-corrected chi connectivity index (χ3v) is 12.9. The van der Waals surface area contributed by atoms with E-state index >= 15 is 0 Å². The van der Waals surface area contributed by atoms with Crippen molar-refractivity contribution in [2.75, 3.05) is 13.2 Å². The first-order chi connectivity index (χ1) is 24.1. The summed E-state index contributed by atoms with van der Waals surface area (Å²) in [7, 11) is -9.02. The maximum atomic E-state index is 14.9. The van der Waals surface area contributed by atoms with Gasteiger partial charge in [-0.2, -0.15) is 8.42 Å². The number of carbonyl (C=O) groups excluding carboxylic acids is 1. The highest BCUT2D eigenvalue weighted by molar-refractivity contribution is 7.91. The van der Waals surface area contributed by atoms with E-state index in [1.54, 1.807) is 31.2 Å². The van der Waals surface area contributed by atoms with Crippen molar-refractivity contribution in [3.63, 3.8) is 0 Å². The lowest BCUT2D eigenvalue weighted by atomic mass is 9.73. The van der Waals surface area contributed by atoms with Crippen LogP contribution in [0.5, 0.6) is 0 Å². The number of nitrogens with zero attached hydrogens (tertiary/aromatic N) is 2. The third-order valence-electron chi connectivity index (χ3n) is 9.85. The molecule has 6 rings (SSSR count). The molecule has 0 spiro atoms. The average molecular weight is 723 g/mol. The van der Waals surface area contributed by atoms with Crippen LogP contribution in [0.15, 0.2) is 110 Å². The van der Waals surface area contributed by atoms with Gasteiger partial charge in [0.05, 0.1) is 22.9 Å². The van der Waals surface area contributed by atoms with Gasteiger partial charge in [0.1, 0.15) is 5.92 Å². The second-order valence-corrected chi connectivity index (χ2v) is 16.8. The molecule has 2 aliphatic rings. The van der Waals surface area contributed by atoms with Crippen molar-refractivity contribution in [1.29, 1.82) is 0 Å². The van der Waals surface area contributed by atoms with E-state index in [-0.39, 0.29) is 22.9 Å². The first kappa shape index (κ1) is 36.0. The van der Waals surface area contributed by atoms with Gasteiger partial charge < -0.3 is 4.74 Å². The molecule has 1 unspecified atom stereocenters. The van der Waals surface area contributed by atoms with Crippen LogP contribution in [0.1, 0.15) is 57.9 Å². The number of hydrogen-bond acceptors (Lipinski definition) is 6. The second-order valence-electron chi connectivity index (χ2n) is 13.4. The van der Waals surface area contributed by atoms with Gasteiger partial charge in [-0.1, -0.05) is 71.8 Å². The normalized spacial score (nSPS) is 17.3. The third kappa shape index (κ3) is 6.82. The van der Waals surface area contributed by atoms with Gasteiger partial charge in [-0.05, 0) is 135 Å². The highest BCUT2D eigenvalue weighted by Crippen LogP contribution is 2.50. The van der Waals surface area contributed by atoms with Crippen LogP contribution in [0.25, 0.3) is 11.1 Å². The van der Waals surface area contributed by atoms with Crippen LogP contribution in [0, 0.1) is 47.5 Å². The molecule has 1 aliphatic carbocycles. The molecule has 264 valence electrons.